The predicted molar refractivity (Wildman–Crippen MR) is 61.6 cm³/mol. The summed E-state index contributed by atoms with van der Waals surface area (Å²) in [5, 5.41) is 10.4. The van der Waals surface area contributed by atoms with Crippen molar-refractivity contribution >= 4 is 0 Å². The standard InChI is InChI=1S/C13H19FO2/c1-10(8-9-16-3)13(2,15)11-6-4-5-7-12(11)14/h4-7,10,15H,8-9H2,1-3H3. The largest absolute Gasteiger partial charge is 0.385 e. The highest BCUT2D eigenvalue weighted by atomic mass is 19.1. The number of benzene rings is 1. The Morgan fingerprint density at radius 1 is 1.44 bits per heavy atom. The zero-order valence-electron chi connectivity index (χ0n) is 10.0. The number of halogens is 1. The summed E-state index contributed by atoms with van der Waals surface area (Å²) < 4.78 is 18.5. The van der Waals surface area contributed by atoms with Gasteiger partial charge in [-0.3, -0.25) is 0 Å². The fourth-order valence-corrected chi connectivity index (χ4v) is 1.71. The van der Waals surface area contributed by atoms with E-state index in [9.17, 15) is 9.50 Å². The number of rotatable bonds is 5. The van der Waals surface area contributed by atoms with Gasteiger partial charge in [-0.05, 0) is 25.3 Å². The second kappa shape index (κ2) is 5.41. The lowest BCUT2D eigenvalue weighted by Crippen LogP contribution is -2.31. The Balaban J connectivity index is 2.88. The van der Waals surface area contributed by atoms with Crippen LogP contribution in [0.25, 0.3) is 0 Å². The van der Waals surface area contributed by atoms with E-state index in [1.165, 1.54) is 6.07 Å². The topological polar surface area (TPSA) is 29.5 Å². The lowest BCUT2D eigenvalue weighted by atomic mass is 9.82. The molecule has 0 spiro atoms. The number of ether oxygens (including phenoxy) is 1. The molecular formula is C13H19FO2. The highest BCUT2D eigenvalue weighted by Crippen LogP contribution is 2.32. The van der Waals surface area contributed by atoms with Gasteiger partial charge in [0.15, 0.2) is 0 Å². The summed E-state index contributed by atoms with van der Waals surface area (Å²) in [5.41, 5.74) is -0.817. The molecule has 0 aliphatic rings. The van der Waals surface area contributed by atoms with Crippen molar-refractivity contribution < 1.29 is 14.2 Å². The van der Waals surface area contributed by atoms with Crippen LogP contribution in [0.4, 0.5) is 4.39 Å². The number of aliphatic hydroxyl groups is 1. The van der Waals surface area contributed by atoms with E-state index >= 15 is 0 Å². The summed E-state index contributed by atoms with van der Waals surface area (Å²) in [6.07, 6.45) is 0.692. The Kier molecular flexibility index (Phi) is 4.44. The van der Waals surface area contributed by atoms with Gasteiger partial charge in [0.05, 0.1) is 5.60 Å². The molecule has 3 heteroatoms. The molecule has 0 fully saturated rings. The minimum Gasteiger partial charge on any atom is -0.385 e. The lowest BCUT2D eigenvalue weighted by Gasteiger charge is -2.31. The molecule has 2 atom stereocenters. The van der Waals surface area contributed by atoms with Gasteiger partial charge in [-0.25, -0.2) is 4.39 Å². The van der Waals surface area contributed by atoms with Crippen molar-refractivity contribution in [2.75, 3.05) is 13.7 Å². The maximum Gasteiger partial charge on any atom is 0.129 e. The Labute approximate surface area is 96.1 Å². The van der Waals surface area contributed by atoms with E-state index < -0.39 is 5.60 Å². The van der Waals surface area contributed by atoms with Crippen molar-refractivity contribution in [2.45, 2.75) is 25.9 Å². The number of methoxy groups -OCH3 is 1. The van der Waals surface area contributed by atoms with Crippen LogP contribution in [0, 0.1) is 11.7 Å². The van der Waals surface area contributed by atoms with E-state index in [4.69, 9.17) is 4.74 Å². The second-order valence-corrected chi connectivity index (χ2v) is 4.31. The molecular weight excluding hydrogens is 207 g/mol. The highest BCUT2D eigenvalue weighted by molar-refractivity contribution is 5.24. The van der Waals surface area contributed by atoms with E-state index in [0.29, 0.717) is 18.6 Å². The highest BCUT2D eigenvalue weighted by Gasteiger charge is 2.32. The van der Waals surface area contributed by atoms with Gasteiger partial charge in [0.1, 0.15) is 5.82 Å². The fraction of sp³-hybridized carbons (Fsp3) is 0.538. The van der Waals surface area contributed by atoms with Crippen molar-refractivity contribution in [2.24, 2.45) is 5.92 Å². The Morgan fingerprint density at radius 2 is 2.06 bits per heavy atom. The monoisotopic (exact) mass is 226 g/mol. The van der Waals surface area contributed by atoms with Gasteiger partial charge < -0.3 is 9.84 Å². The van der Waals surface area contributed by atoms with Crippen molar-refractivity contribution in [3.8, 4) is 0 Å². The average Bonchev–Trinajstić information content (AvgIpc) is 2.26. The lowest BCUT2D eigenvalue weighted by molar-refractivity contribution is -0.0135. The maximum absolute atomic E-state index is 13.6. The molecule has 0 heterocycles. The first kappa shape index (κ1) is 13.1. The quantitative estimate of drug-likeness (QED) is 0.836. The number of hydrogen-bond acceptors (Lipinski definition) is 2. The summed E-state index contributed by atoms with van der Waals surface area (Å²) in [4.78, 5) is 0. The third-order valence-corrected chi connectivity index (χ3v) is 3.13. The Bertz CT molecular complexity index is 336. The van der Waals surface area contributed by atoms with E-state index in [1.54, 1.807) is 32.2 Å². The smallest absolute Gasteiger partial charge is 0.129 e. The second-order valence-electron chi connectivity index (χ2n) is 4.31. The molecule has 0 radical (unpaired) electrons. The maximum atomic E-state index is 13.6. The fourth-order valence-electron chi connectivity index (χ4n) is 1.71. The Morgan fingerprint density at radius 3 is 2.62 bits per heavy atom. The third-order valence-electron chi connectivity index (χ3n) is 3.13. The first-order chi connectivity index (χ1) is 7.50. The molecule has 16 heavy (non-hydrogen) atoms. The zero-order valence-corrected chi connectivity index (χ0v) is 10.0. The van der Waals surface area contributed by atoms with E-state index in [0.717, 1.165) is 0 Å². The van der Waals surface area contributed by atoms with Gasteiger partial charge in [0.25, 0.3) is 0 Å². The molecule has 0 aliphatic carbocycles. The van der Waals surface area contributed by atoms with Crippen molar-refractivity contribution in [1.29, 1.82) is 0 Å². The van der Waals surface area contributed by atoms with Crippen LogP contribution < -0.4 is 0 Å². The molecule has 1 N–H and O–H groups in total. The molecule has 1 aromatic carbocycles. The first-order valence-electron chi connectivity index (χ1n) is 5.46. The molecule has 0 aromatic heterocycles. The van der Waals surface area contributed by atoms with Crippen molar-refractivity contribution in [3.63, 3.8) is 0 Å². The van der Waals surface area contributed by atoms with E-state index in [1.807, 2.05) is 6.92 Å². The summed E-state index contributed by atoms with van der Waals surface area (Å²) >= 11 is 0. The van der Waals surface area contributed by atoms with Crippen LogP contribution in [0.1, 0.15) is 25.8 Å². The van der Waals surface area contributed by atoms with Crippen molar-refractivity contribution in [1.82, 2.24) is 0 Å². The minimum absolute atomic E-state index is 0.0654. The molecule has 2 unspecified atom stereocenters. The van der Waals surface area contributed by atoms with Crippen LogP contribution in [-0.2, 0) is 10.3 Å². The molecule has 0 amide bonds. The van der Waals surface area contributed by atoms with Gasteiger partial charge in [-0.15, -0.1) is 0 Å². The van der Waals surface area contributed by atoms with Crippen molar-refractivity contribution in [3.05, 3.63) is 35.6 Å². The van der Waals surface area contributed by atoms with Crippen LogP contribution in [0.15, 0.2) is 24.3 Å². The van der Waals surface area contributed by atoms with Gasteiger partial charge in [-0.1, -0.05) is 25.1 Å². The van der Waals surface area contributed by atoms with E-state index in [-0.39, 0.29) is 11.7 Å². The summed E-state index contributed by atoms with van der Waals surface area (Å²) in [5.74, 6) is -0.430. The van der Waals surface area contributed by atoms with Crippen LogP contribution in [0.5, 0.6) is 0 Å². The summed E-state index contributed by atoms with van der Waals surface area (Å²) in [6.45, 7) is 4.10. The van der Waals surface area contributed by atoms with Crippen LogP contribution in [-0.4, -0.2) is 18.8 Å². The molecule has 1 rings (SSSR count). The van der Waals surface area contributed by atoms with Gasteiger partial charge in [-0.2, -0.15) is 0 Å². The van der Waals surface area contributed by atoms with Crippen LogP contribution in [0.3, 0.4) is 0 Å². The molecule has 90 valence electrons. The van der Waals surface area contributed by atoms with Crippen LogP contribution in [0.2, 0.25) is 0 Å². The van der Waals surface area contributed by atoms with Crippen LogP contribution >= 0.6 is 0 Å². The normalized spacial score (nSPS) is 16.8. The van der Waals surface area contributed by atoms with E-state index in [2.05, 4.69) is 0 Å². The molecule has 2 nitrogen and oxygen atoms in total. The van der Waals surface area contributed by atoms with Gasteiger partial charge >= 0.3 is 0 Å². The van der Waals surface area contributed by atoms with Gasteiger partial charge in [0, 0.05) is 19.3 Å². The first-order valence-corrected chi connectivity index (χ1v) is 5.46. The molecule has 0 saturated carbocycles. The molecule has 0 saturated heterocycles. The SMILES string of the molecule is COCCC(C)C(C)(O)c1ccccc1F. The minimum atomic E-state index is -1.16. The summed E-state index contributed by atoms with van der Waals surface area (Å²) in [7, 11) is 1.62. The molecule has 1 aromatic rings. The zero-order chi connectivity index (χ0) is 12.2. The predicted octanol–water partition coefficient (Wildman–Crippen LogP) is 2.71. The third kappa shape index (κ3) is 2.80. The molecule has 0 aliphatic heterocycles. The average molecular weight is 226 g/mol. The molecule has 0 bridgehead atoms. The summed E-state index contributed by atoms with van der Waals surface area (Å²) in [6, 6.07) is 6.34. The van der Waals surface area contributed by atoms with Gasteiger partial charge in [0.2, 0.25) is 0 Å². The number of hydrogen-bond donors (Lipinski definition) is 1. The Hall–Kier alpha value is -0.930.